The SMILES string of the molecule is Cn1ccc2cc(C(O)=C3C(=O)Nc4cc(Cl)c(-c5ccc(N6CCC(O)C6)cc5)cc43)ccc21. The number of rotatable bonds is 3. The number of fused-ring (bicyclic) bond motifs is 2. The first-order chi connectivity index (χ1) is 16.9. The van der Waals surface area contributed by atoms with Crippen LogP contribution in [0.25, 0.3) is 33.4 Å². The Labute approximate surface area is 207 Å². The molecule has 2 aliphatic rings. The van der Waals surface area contributed by atoms with E-state index in [1.165, 1.54) is 0 Å². The number of carbonyl (C=O) groups is 1. The number of aromatic nitrogens is 1. The summed E-state index contributed by atoms with van der Waals surface area (Å²) in [5.74, 6) is -0.426. The van der Waals surface area contributed by atoms with Gasteiger partial charge in [0.15, 0.2) is 0 Å². The minimum Gasteiger partial charge on any atom is -0.506 e. The van der Waals surface area contributed by atoms with Gasteiger partial charge in [-0.1, -0.05) is 23.7 Å². The van der Waals surface area contributed by atoms with Gasteiger partial charge in [0.2, 0.25) is 0 Å². The van der Waals surface area contributed by atoms with Crippen molar-refractivity contribution in [1.82, 2.24) is 4.57 Å². The van der Waals surface area contributed by atoms with Gasteiger partial charge in [-0.05, 0) is 60.5 Å². The number of nitrogens with one attached hydrogen (secondary N) is 1. The van der Waals surface area contributed by atoms with Crippen molar-refractivity contribution in [3.05, 3.63) is 83.0 Å². The Morgan fingerprint density at radius 1 is 1.06 bits per heavy atom. The first kappa shape index (κ1) is 21.8. The first-order valence-corrected chi connectivity index (χ1v) is 11.9. The molecular weight excluding hydrogens is 462 g/mol. The number of aryl methyl sites for hydroxylation is 1. The lowest BCUT2D eigenvalue weighted by Crippen LogP contribution is -2.20. The fourth-order valence-electron chi connectivity index (χ4n) is 5.05. The fraction of sp³-hybridized carbons (Fsp3) is 0.179. The molecule has 3 N–H and O–H groups in total. The number of hydrogen-bond donors (Lipinski definition) is 3. The molecule has 4 aromatic rings. The van der Waals surface area contributed by atoms with Gasteiger partial charge in [0.1, 0.15) is 5.76 Å². The summed E-state index contributed by atoms with van der Waals surface area (Å²) in [5, 5.41) is 25.3. The van der Waals surface area contributed by atoms with Crippen molar-refractivity contribution in [3.8, 4) is 11.1 Å². The summed E-state index contributed by atoms with van der Waals surface area (Å²) >= 11 is 6.61. The maximum atomic E-state index is 12.9. The van der Waals surface area contributed by atoms with Crippen molar-refractivity contribution < 1.29 is 15.0 Å². The summed E-state index contributed by atoms with van der Waals surface area (Å²) in [6, 6.07) is 19.2. The summed E-state index contributed by atoms with van der Waals surface area (Å²) < 4.78 is 2.01. The van der Waals surface area contributed by atoms with Gasteiger partial charge in [-0.15, -0.1) is 0 Å². The third-order valence-electron chi connectivity index (χ3n) is 6.95. The van der Waals surface area contributed by atoms with Crippen molar-refractivity contribution in [1.29, 1.82) is 0 Å². The molecule has 0 spiro atoms. The molecule has 176 valence electrons. The molecule has 7 heteroatoms. The molecule has 3 heterocycles. The van der Waals surface area contributed by atoms with Gasteiger partial charge in [-0.25, -0.2) is 0 Å². The average molecular weight is 486 g/mol. The Bertz CT molecular complexity index is 1520. The Morgan fingerprint density at radius 2 is 1.86 bits per heavy atom. The van der Waals surface area contributed by atoms with E-state index in [1.54, 1.807) is 6.07 Å². The Balaban J connectivity index is 1.40. The van der Waals surface area contributed by atoms with Gasteiger partial charge in [0.05, 0.1) is 22.4 Å². The Kier molecular flexibility index (Phi) is 5.09. The quantitative estimate of drug-likeness (QED) is 0.266. The highest BCUT2D eigenvalue weighted by molar-refractivity contribution is 6.38. The Hall–Kier alpha value is -3.74. The normalized spacial score (nSPS) is 18.8. The monoisotopic (exact) mass is 485 g/mol. The molecule has 0 aliphatic carbocycles. The zero-order chi connectivity index (χ0) is 24.3. The lowest BCUT2D eigenvalue weighted by atomic mass is 9.96. The van der Waals surface area contributed by atoms with E-state index in [-0.39, 0.29) is 23.3 Å². The van der Waals surface area contributed by atoms with Crippen LogP contribution in [0.1, 0.15) is 17.5 Å². The van der Waals surface area contributed by atoms with Crippen molar-refractivity contribution in [2.75, 3.05) is 23.3 Å². The van der Waals surface area contributed by atoms with Crippen LogP contribution in [0.15, 0.2) is 66.9 Å². The second kappa shape index (κ2) is 8.18. The number of amides is 1. The highest BCUT2D eigenvalue weighted by atomic mass is 35.5. The molecule has 1 atom stereocenters. The molecule has 2 aliphatic heterocycles. The molecule has 0 saturated carbocycles. The molecule has 1 aromatic heterocycles. The zero-order valence-corrected chi connectivity index (χ0v) is 19.9. The van der Waals surface area contributed by atoms with Crippen LogP contribution in [0.4, 0.5) is 11.4 Å². The molecule has 35 heavy (non-hydrogen) atoms. The van der Waals surface area contributed by atoms with Gasteiger partial charge in [-0.3, -0.25) is 4.79 Å². The smallest absolute Gasteiger partial charge is 0.260 e. The van der Waals surface area contributed by atoms with E-state index >= 15 is 0 Å². The number of anilines is 2. The predicted molar refractivity (Wildman–Crippen MR) is 141 cm³/mol. The summed E-state index contributed by atoms with van der Waals surface area (Å²) in [5.41, 5.74) is 5.79. The van der Waals surface area contributed by atoms with Crippen molar-refractivity contribution >= 4 is 51.1 Å². The molecule has 6 rings (SSSR count). The van der Waals surface area contributed by atoms with Gasteiger partial charge < -0.3 is 25.0 Å². The van der Waals surface area contributed by atoms with Crippen molar-refractivity contribution in [2.45, 2.75) is 12.5 Å². The number of nitrogens with zero attached hydrogens (tertiary/aromatic N) is 2. The molecule has 1 saturated heterocycles. The molecule has 6 nitrogen and oxygen atoms in total. The molecule has 3 aromatic carbocycles. The molecule has 1 unspecified atom stereocenters. The molecule has 0 radical (unpaired) electrons. The summed E-state index contributed by atoms with van der Waals surface area (Å²) in [6.07, 6.45) is 2.45. The van der Waals surface area contributed by atoms with Crippen LogP contribution in [0.5, 0.6) is 0 Å². The maximum absolute atomic E-state index is 12.9. The van der Waals surface area contributed by atoms with E-state index in [2.05, 4.69) is 10.2 Å². The predicted octanol–water partition coefficient (Wildman–Crippen LogP) is 5.45. The van der Waals surface area contributed by atoms with Crippen molar-refractivity contribution in [2.24, 2.45) is 7.05 Å². The second-order valence-corrected chi connectivity index (χ2v) is 9.60. The highest BCUT2D eigenvalue weighted by Gasteiger charge is 2.30. The number of halogens is 1. The second-order valence-electron chi connectivity index (χ2n) is 9.19. The number of hydrogen-bond acceptors (Lipinski definition) is 4. The first-order valence-electron chi connectivity index (χ1n) is 11.6. The number of aliphatic hydroxyl groups excluding tert-OH is 2. The van der Waals surface area contributed by atoms with E-state index in [0.717, 1.165) is 40.7 Å². The van der Waals surface area contributed by atoms with E-state index in [1.807, 2.05) is 72.4 Å². The minimum absolute atomic E-state index is 0.0665. The molecule has 1 fully saturated rings. The van der Waals surface area contributed by atoms with Gasteiger partial charge in [0.25, 0.3) is 5.91 Å². The van der Waals surface area contributed by atoms with Gasteiger partial charge in [0, 0.05) is 59.6 Å². The topological polar surface area (TPSA) is 77.7 Å². The van der Waals surface area contributed by atoms with Gasteiger partial charge in [-0.2, -0.15) is 0 Å². The lowest BCUT2D eigenvalue weighted by Gasteiger charge is -2.18. The number of benzene rings is 3. The van der Waals surface area contributed by atoms with Crippen LogP contribution in [0.3, 0.4) is 0 Å². The highest BCUT2D eigenvalue weighted by Crippen LogP contribution is 2.42. The minimum atomic E-state index is -0.359. The van der Waals surface area contributed by atoms with Crippen LogP contribution < -0.4 is 10.2 Å². The lowest BCUT2D eigenvalue weighted by molar-refractivity contribution is -0.110. The summed E-state index contributed by atoms with van der Waals surface area (Å²) in [7, 11) is 1.97. The van der Waals surface area contributed by atoms with E-state index in [0.29, 0.717) is 28.4 Å². The van der Waals surface area contributed by atoms with E-state index < -0.39 is 0 Å². The number of aliphatic hydroxyl groups is 2. The molecule has 0 bridgehead atoms. The van der Waals surface area contributed by atoms with Crippen LogP contribution in [0, 0.1) is 0 Å². The molecular formula is C28H24ClN3O3. The summed E-state index contributed by atoms with van der Waals surface area (Å²) in [4.78, 5) is 15.0. The van der Waals surface area contributed by atoms with Crippen LogP contribution in [0.2, 0.25) is 5.02 Å². The van der Waals surface area contributed by atoms with E-state index in [4.69, 9.17) is 11.6 Å². The molecule has 1 amide bonds. The number of β-amino-alcohol motifs (C(OH)–C–C–N with tert-alkyl or cyclic N) is 1. The van der Waals surface area contributed by atoms with Gasteiger partial charge >= 0.3 is 0 Å². The van der Waals surface area contributed by atoms with Crippen LogP contribution in [-0.2, 0) is 11.8 Å². The zero-order valence-electron chi connectivity index (χ0n) is 19.1. The number of carbonyl (C=O) groups excluding carboxylic acids is 1. The van der Waals surface area contributed by atoms with Crippen LogP contribution in [-0.4, -0.2) is 39.9 Å². The third kappa shape index (κ3) is 3.66. The van der Waals surface area contributed by atoms with Crippen molar-refractivity contribution in [3.63, 3.8) is 0 Å². The summed E-state index contributed by atoms with van der Waals surface area (Å²) in [6.45, 7) is 1.46. The average Bonchev–Trinajstić information content (AvgIpc) is 3.54. The maximum Gasteiger partial charge on any atom is 0.260 e. The van der Waals surface area contributed by atoms with E-state index in [9.17, 15) is 15.0 Å². The third-order valence-corrected chi connectivity index (χ3v) is 7.27. The Morgan fingerprint density at radius 3 is 2.60 bits per heavy atom. The fourth-order valence-corrected chi connectivity index (χ4v) is 5.32. The van der Waals surface area contributed by atoms with Crippen LogP contribution >= 0.6 is 11.6 Å². The largest absolute Gasteiger partial charge is 0.506 e. The standard InChI is InChI=1S/C28H24ClN3O3/c1-31-10-8-17-12-18(4-7-25(17)31)27(34)26-22-13-21(23(29)14-24(22)30-28(26)35)16-2-5-19(6-3-16)32-11-9-20(33)15-32/h2-8,10,12-14,20,33-34H,9,11,15H2,1H3,(H,30,35).